The first-order chi connectivity index (χ1) is 11.1. The number of benzene rings is 1. The van der Waals surface area contributed by atoms with Crippen molar-refractivity contribution in [3.8, 4) is 0 Å². The number of nitrogens with one attached hydrogen (secondary N) is 2. The van der Waals surface area contributed by atoms with Crippen LogP contribution in [0.25, 0.3) is 0 Å². The lowest BCUT2D eigenvalue weighted by Crippen LogP contribution is -2.41. The molecule has 0 bridgehead atoms. The fraction of sp³-hybridized carbons (Fsp3) is 0.286. The van der Waals surface area contributed by atoms with E-state index >= 15 is 0 Å². The first-order valence-corrected chi connectivity index (χ1v) is 9.50. The van der Waals surface area contributed by atoms with E-state index < -0.39 is 10.0 Å². The Kier molecular flexibility index (Phi) is 6.48. The zero-order valence-electron chi connectivity index (χ0n) is 12.6. The highest BCUT2D eigenvalue weighted by Gasteiger charge is 2.15. The first-order valence-electron chi connectivity index (χ1n) is 6.86. The third-order valence-electron chi connectivity index (χ3n) is 2.76. The normalized spacial score (nSPS) is 12.1. The van der Waals surface area contributed by atoms with Crippen LogP contribution < -0.4 is 10.0 Å². The van der Waals surface area contributed by atoms with E-state index in [1.54, 1.807) is 36.2 Å². The van der Waals surface area contributed by atoms with Gasteiger partial charge in [-0.05, 0) is 12.1 Å². The second-order valence-electron chi connectivity index (χ2n) is 4.40. The molecule has 23 heavy (non-hydrogen) atoms. The van der Waals surface area contributed by atoms with Crippen molar-refractivity contribution in [1.29, 1.82) is 0 Å². The van der Waals surface area contributed by atoms with Crippen molar-refractivity contribution in [2.75, 3.05) is 19.3 Å². The molecule has 1 aromatic carbocycles. The molecule has 2 aromatic rings. The van der Waals surface area contributed by atoms with E-state index in [0.717, 1.165) is 5.75 Å². The molecule has 0 amide bonds. The molecule has 2 N–H and O–H groups in total. The quantitative estimate of drug-likeness (QED) is 0.444. The van der Waals surface area contributed by atoms with Gasteiger partial charge in [0.1, 0.15) is 6.26 Å². The fourth-order valence-corrected chi connectivity index (χ4v) is 3.43. The molecular formula is C14H18N4O3S2. The molecule has 0 spiro atoms. The van der Waals surface area contributed by atoms with Crippen molar-refractivity contribution < 1.29 is 12.8 Å². The van der Waals surface area contributed by atoms with E-state index in [9.17, 15) is 8.42 Å². The van der Waals surface area contributed by atoms with Crippen molar-refractivity contribution in [2.45, 2.75) is 10.6 Å². The molecule has 1 heterocycles. The van der Waals surface area contributed by atoms with Gasteiger partial charge in [0, 0.05) is 19.3 Å². The number of oxazole rings is 1. The van der Waals surface area contributed by atoms with Crippen molar-refractivity contribution in [2.24, 2.45) is 4.99 Å². The number of aromatic nitrogens is 1. The molecule has 1 aromatic heterocycles. The summed E-state index contributed by atoms with van der Waals surface area (Å²) >= 11 is 1.63. The van der Waals surface area contributed by atoms with Crippen LogP contribution >= 0.6 is 11.8 Å². The smallest absolute Gasteiger partial charge is 0.264 e. The third-order valence-corrected chi connectivity index (χ3v) is 5.05. The maximum absolute atomic E-state index is 12.2. The summed E-state index contributed by atoms with van der Waals surface area (Å²) in [4.78, 5) is 8.14. The van der Waals surface area contributed by atoms with E-state index in [2.05, 4.69) is 20.0 Å². The minimum atomic E-state index is -3.62. The summed E-state index contributed by atoms with van der Waals surface area (Å²) in [7, 11) is -2.10. The molecule has 0 aliphatic rings. The van der Waals surface area contributed by atoms with Gasteiger partial charge in [0.15, 0.2) is 0 Å². The van der Waals surface area contributed by atoms with Gasteiger partial charge in [-0.25, -0.2) is 18.1 Å². The Balaban J connectivity index is 1.77. The van der Waals surface area contributed by atoms with E-state index in [4.69, 9.17) is 4.42 Å². The summed E-state index contributed by atoms with van der Waals surface area (Å²) in [5.41, 5.74) is 0. The Morgan fingerprint density at radius 3 is 2.78 bits per heavy atom. The summed E-state index contributed by atoms with van der Waals surface area (Å²) < 4.78 is 31.9. The van der Waals surface area contributed by atoms with Gasteiger partial charge in [0.2, 0.25) is 11.9 Å². The summed E-state index contributed by atoms with van der Waals surface area (Å²) in [6, 6.07) is 8.16. The standard InChI is InChI=1S/C14H18N4O3S2/c1-15-14(17-8-10-22-11-13-16-7-9-21-13)18-23(19,20)12-5-3-2-4-6-12/h2-7,9H,8,10-11H2,1H3,(H2,15,17,18). The fourth-order valence-electron chi connectivity index (χ4n) is 1.67. The zero-order chi connectivity index (χ0) is 16.5. The highest BCUT2D eigenvalue weighted by atomic mass is 32.2. The van der Waals surface area contributed by atoms with Gasteiger partial charge in [-0.1, -0.05) is 18.2 Å². The number of hydrogen-bond donors (Lipinski definition) is 2. The lowest BCUT2D eigenvalue weighted by Gasteiger charge is -2.12. The summed E-state index contributed by atoms with van der Waals surface area (Å²) in [6.45, 7) is 0.565. The average Bonchev–Trinajstić information content (AvgIpc) is 3.07. The van der Waals surface area contributed by atoms with Gasteiger partial charge in [-0.15, -0.1) is 0 Å². The minimum absolute atomic E-state index is 0.196. The summed E-state index contributed by atoms with van der Waals surface area (Å²) in [5, 5.41) is 2.96. The Hall–Kier alpha value is -2.00. The second-order valence-corrected chi connectivity index (χ2v) is 7.18. The molecule has 0 saturated heterocycles. The zero-order valence-corrected chi connectivity index (χ0v) is 14.2. The molecule has 0 atom stereocenters. The van der Waals surface area contributed by atoms with Gasteiger partial charge >= 0.3 is 0 Å². The van der Waals surface area contributed by atoms with E-state index in [0.29, 0.717) is 18.2 Å². The minimum Gasteiger partial charge on any atom is -0.448 e. The van der Waals surface area contributed by atoms with Crippen molar-refractivity contribution >= 4 is 27.7 Å². The number of sulfonamides is 1. The maximum Gasteiger partial charge on any atom is 0.264 e. The molecule has 0 unspecified atom stereocenters. The Labute approximate surface area is 139 Å². The molecule has 0 aliphatic heterocycles. The van der Waals surface area contributed by atoms with Crippen molar-refractivity contribution in [1.82, 2.24) is 15.0 Å². The van der Waals surface area contributed by atoms with E-state index in [1.165, 1.54) is 25.4 Å². The molecule has 0 aliphatic carbocycles. The van der Waals surface area contributed by atoms with Gasteiger partial charge < -0.3 is 9.73 Å². The first kappa shape index (κ1) is 17.4. The topological polar surface area (TPSA) is 96.6 Å². The van der Waals surface area contributed by atoms with Crippen molar-refractivity contribution in [3.05, 3.63) is 48.7 Å². The lowest BCUT2D eigenvalue weighted by molar-refractivity contribution is 0.517. The SMILES string of the molecule is CN=C(NCCSCc1ncco1)NS(=O)(=O)c1ccccc1. The van der Waals surface area contributed by atoms with Crippen molar-refractivity contribution in [3.63, 3.8) is 0 Å². The number of nitrogens with zero attached hydrogens (tertiary/aromatic N) is 2. The number of thioether (sulfide) groups is 1. The largest absolute Gasteiger partial charge is 0.448 e. The van der Waals surface area contributed by atoms with Crippen LogP contribution in [0.4, 0.5) is 0 Å². The van der Waals surface area contributed by atoms with E-state index in [-0.39, 0.29) is 10.9 Å². The molecule has 0 radical (unpaired) electrons. The van der Waals surface area contributed by atoms with Gasteiger partial charge in [-0.2, -0.15) is 11.8 Å². The highest BCUT2D eigenvalue weighted by Crippen LogP contribution is 2.09. The predicted octanol–water partition coefficient (Wildman–Crippen LogP) is 1.46. The molecule has 7 nitrogen and oxygen atoms in total. The number of aliphatic imine (C=N–C) groups is 1. The van der Waals surface area contributed by atoms with Gasteiger partial charge in [0.25, 0.3) is 10.0 Å². The second kappa shape index (κ2) is 8.59. The Morgan fingerprint density at radius 2 is 2.13 bits per heavy atom. The van der Waals surface area contributed by atoms with Crippen LogP contribution in [0.15, 0.2) is 57.1 Å². The van der Waals surface area contributed by atoms with Crippen LogP contribution in [0.5, 0.6) is 0 Å². The van der Waals surface area contributed by atoms with Gasteiger partial charge in [-0.3, -0.25) is 4.99 Å². The van der Waals surface area contributed by atoms with Crippen LogP contribution in [0, 0.1) is 0 Å². The molecule has 2 rings (SSSR count). The lowest BCUT2D eigenvalue weighted by atomic mass is 10.4. The van der Waals surface area contributed by atoms with Crippen LogP contribution in [-0.2, 0) is 15.8 Å². The third kappa shape index (κ3) is 5.61. The molecule has 0 saturated carbocycles. The molecular weight excluding hydrogens is 336 g/mol. The maximum atomic E-state index is 12.2. The number of hydrogen-bond acceptors (Lipinski definition) is 6. The Morgan fingerprint density at radius 1 is 1.35 bits per heavy atom. The Bertz CT molecular complexity index is 716. The van der Waals surface area contributed by atoms with Crippen LogP contribution in [0.1, 0.15) is 5.89 Å². The van der Waals surface area contributed by atoms with E-state index in [1.807, 2.05) is 0 Å². The molecule has 9 heteroatoms. The summed E-state index contributed by atoms with van der Waals surface area (Å²) in [5.74, 6) is 2.31. The van der Waals surface area contributed by atoms with Crippen LogP contribution in [-0.4, -0.2) is 38.7 Å². The summed E-state index contributed by atoms with van der Waals surface area (Å²) in [6.07, 6.45) is 3.14. The predicted molar refractivity (Wildman–Crippen MR) is 90.8 cm³/mol. The van der Waals surface area contributed by atoms with Crippen LogP contribution in [0.3, 0.4) is 0 Å². The molecule has 0 fully saturated rings. The van der Waals surface area contributed by atoms with Gasteiger partial charge in [0.05, 0.1) is 16.8 Å². The number of rotatable bonds is 7. The highest BCUT2D eigenvalue weighted by molar-refractivity contribution is 7.98. The molecule has 124 valence electrons. The average molecular weight is 354 g/mol. The van der Waals surface area contributed by atoms with Crippen LogP contribution in [0.2, 0.25) is 0 Å². The monoisotopic (exact) mass is 354 g/mol. The number of guanidine groups is 1.